The van der Waals surface area contributed by atoms with Crippen LogP contribution in [0, 0.1) is 0 Å². The Morgan fingerprint density at radius 3 is 3.00 bits per heavy atom. The van der Waals surface area contributed by atoms with E-state index in [1.54, 1.807) is 12.1 Å². The molecule has 0 radical (unpaired) electrons. The topological polar surface area (TPSA) is 39.2 Å². The van der Waals surface area contributed by atoms with Crippen LogP contribution in [0.5, 0.6) is 0 Å². The lowest BCUT2D eigenvalue weighted by atomic mass is 10.2. The zero-order valence-electron chi connectivity index (χ0n) is 8.44. The molecule has 0 atom stereocenters. The molecule has 0 bridgehead atoms. The van der Waals surface area contributed by atoms with Gasteiger partial charge in [0.05, 0.1) is 13.3 Å². The zero-order chi connectivity index (χ0) is 11.5. The second-order valence-electron chi connectivity index (χ2n) is 3.03. The van der Waals surface area contributed by atoms with Gasteiger partial charge in [-0.15, -0.1) is 11.3 Å². The van der Waals surface area contributed by atoms with Crippen molar-refractivity contribution < 1.29 is 9.53 Å². The highest BCUT2D eigenvalue weighted by molar-refractivity contribution is 7.16. The molecule has 0 fully saturated rings. The van der Waals surface area contributed by atoms with E-state index in [2.05, 4.69) is 9.72 Å². The van der Waals surface area contributed by atoms with Crippen LogP contribution in [0.3, 0.4) is 0 Å². The number of esters is 1. The number of carbonyl (C=O) groups is 1. The van der Waals surface area contributed by atoms with E-state index >= 15 is 0 Å². The average Bonchev–Trinajstić information content (AvgIpc) is 2.77. The number of ether oxygens (including phenoxy) is 1. The van der Waals surface area contributed by atoms with Crippen molar-refractivity contribution >= 4 is 28.9 Å². The van der Waals surface area contributed by atoms with Gasteiger partial charge >= 0.3 is 5.97 Å². The fourth-order valence-electron chi connectivity index (χ4n) is 1.22. The first-order valence-corrected chi connectivity index (χ1v) is 5.70. The Bertz CT molecular complexity index is 524. The Kier molecular flexibility index (Phi) is 3.22. The van der Waals surface area contributed by atoms with Crippen molar-refractivity contribution in [3.8, 4) is 10.6 Å². The van der Waals surface area contributed by atoms with Crippen molar-refractivity contribution in [1.82, 2.24) is 4.98 Å². The molecule has 1 aromatic heterocycles. The van der Waals surface area contributed by atoms with E-state index in [9.17, 15) is 4.79 Å². The van der Waals surface area contributed by atoms with Crippen LogP contribution in [0.4, 0.5) is 0 Å². The van der Waals surface area contributed by atoms with Crippen LogP contribution in [-0.2, 0) is 4.74 Å². The number of aromatic nitrogens is 1. The summed E-state index contributed by atoms with van der Waals surface area (Å²) in [6.45, 7) is 0. The molecule has 0 spiro atoms. The summed E-state index contributed by atoms with van der Waals surface area (Å²) in [6.07, 6.45) is 1.51. The number of thiazole rings is 1. The molecular formula is C11H8ClNO2S. The first kappa shape index (κ1) is 11.1. The summed E-state index contributed by atoms with van der Waals surface area (Å²) in [5, 5.41) is 1.40. The van der Waals surface area contributed by atoms with Crippen molar-refractivity contribution in [3.63, 3.8) is 0 Å². The van der Waals surface area contributed by atoms with E-state index in [0.29, 0.717) is 9.90 Å². The summed E-state index contributed by atoms with van der Waals surface area (Å²) in [7, 11) is 1.35. The number of hydrogen-bond acceptors (Lipinski definition) is 4. The standard InChI is InChI=1S/C11H8ClNO2S/c1-15-11(14)9-6-13-10(16-9)7-3-2-4-8(12)5-7/h2-6H,1H3. The van der Waals surface area contributed by atoms with E-state index in [1.165, 1.54) is 24.6 Å². The second-order valence-corrected chi connectivity index (χ2v) is 4.50. The SMILES string of the molecule is COC(=O)c1cnc(-c2cccc(Cl)c2)s1. The van der Waals surface area contributed by atoms with Gasteiger partial charge in [0.25, 0.3) is 0 Å². The third-order valence-corrected chi connectivity index (χ3v) is 3.23. The van der Waals surface area contributed by atoms with Crippen molar-refractivity contribution in [2.45, 2.75) is 0 Å². The van der Waals surface area contributed by atoms with Gasteiger partial charge < -0.3 is 4.74 Å². The van der Waals surface area contributed by atoms with Gasteiger partial charge in [0.15, 0.2) is 0 Å². The van der Waals surface area contributed by atoms with Gasteiger partial charge in [-0.3, -0.25) is 0 Å². The van der Waals surface area contributed by atoms with E-state index in [4.69, 9.17) is 11.6 Å². The van der Waals surface area contributed by atoms with Crippen molar-refractivity contribution in [1.29, 1.82) is 0 Å². The summed E-state index contributed by atoms with van der Waals surface area (Å²) in [6, 6.07) is 7.34. The molecule has 82 valence electrons. The molecule has 0 saturated carbocycles. The predicted molar refractivity (Wildman–Crippen MR) is 63.9 cm³/mol. The molecule has 0 N–H and O–H groups in total. The van der Waals surface area contributed by atoms with Gasteiger partial charge in [-0.25, -0.2) is 9.78 Å². The van der Waals surface area contributed by atoms with Crippen LogP contribution in [-0.4, -0.2) is 18.1 Å². The Morgan fingerprint density at radius 2 is 2.31 bits per heavy atom. The highest BCUT2D eigenvalue weighted by Gasteiger charge is 2.11. The average molecular weight is 254 g/mol. The molecule has 2 rings (SSSR count). The minimum Gasteiger partial charge on any atom is -0.465 e. The highest BCUT2D eigenvalue weighted by Crippen LogP contribution is 2.27. The summed E-state index contributed by atoms with van der Waals surface area (Å²) in [5.41, 5.74) is 0.896. The van der Waals surface area contributed by atoms with E-state index in [-0.39, 0.29) is 5.97 Å². The Hall–Kier alpha value is -1.39. The summed E-state index contributed by atoms with van der Waals surface area (Å²) < 4.78 is 4.61. The largest absolute Gasteiger partial charge is 0.465 e. The van der Waals surface area contributed by atoms with Crippen molar-refractivity contribution in [2.75, 3.05) is 7.11 Å². The number of methoxy groups -OCH3 is 1. The highest BCUT2D eigenvalue weighted by atomic mass is 35.5. The van der Waals surface area contributed by atoms with Gasteiger partial charge in [-0.1, -0.05) is 23.7 Å². The number of hydrogen-bond donors (Lipinski definition) is 0. The Morgan fingerprint density at radius 1 is 1.50 bits per heavy atom. The van der Waals surface area contributed by atoms with Gasteiger partial charge in [0.1, 0.15) is 9.88 Å². The summed E-state index contributed by atoms with van der Waals surface area (Å²) in [5.74, 6) is -0.370. The minimum atomic E-state index is -0.370. The fraction of sp³-hybridized carbons (Fsp3) is 0.0909. The van der Waals surface area contributed by atoms with E-state index in [0.717, 1.165) is 10.6 Å². The minimum absolute atomic E-state index is 0.370. The smallest absolute Gasteiger partial charge is 0.349 e. The van der Waals surface area contributed by atoms with E-state index in [1.807, 2.05) is 12.1 Å². The first-order chi connectivity index (χ1) is 7.70. The molecule has 1 aromatic carbocycles. The van der Waals surface area contributed by atoms with Crippen LogP contribution in [0.1, 0.15) is 9.67 Å². The molecule has 0 saturated heterocycles. The molecule has 3 nitrogen and oxygen atoms in total. The molecule has 0 unspecified atom stereocenters. The molecule has 1 heterocycles. The van der Waals surface area contributed by atoms with E-state index < -0.39 is 0 Å². The molecule has 0 amide bonds. The lowest BCUT2D eigenvalue weighted by molar-refractivity contribution is 0.0606. The number of benzene rings is 1. The lowest BCUT2D eigenvalue weighted by Gasteiger charge is -1.95. The van der Waals surface area contributed by atoms with Crippen LogP contribution < -0.4 is 0 Å². The lowest BCUT2D eigenvalue weighted by Crippen LogP contribution is -1.96. The maximum absolute atomic E-state index is 11.2. The number of nitrogens with zero attached hydrogens (tertiary/aromatic N) is 1. The Balaban J connectivity index is 2.35. The number of rotatable bonds is 2. The van der Waals surface area contributed by atoms with Crippen LogP contribution in [0.15, 0.2) is 30.5 Å². The Labute approximate surface area is 102 Å². The van der Waals surface area contributed by atoms with Crippen LogP contribution >= 0.6 is 22.9 Å². The van der Waals surface area contributed by atoms with Crippen molar-refractivity contribution in [3.05, 3.63) is 40.4 Å². The monoisotopic (exact) mass is 253 g/mol. The maximum atomic E-state index is 11.2. The van der Waals surface area contributed by atoms with Gasteiger partial charge in [0.2, 0.25) is 0 Å². The molecule has 0 aliphatic rings. The van der Waals surface area contributed by atoms with Gasteiger partial charge in [-0.2, -0.15) is 0 Å². The van der Waals surface area contributed by atoms with Crippen LogP contribution in [0.25, 0.3) is 10.6 Å². The molecule has 16 heavy (non-hydrogen) atoms. The molecule has 5 heteroatoms. The molecule has 0 aliphatic carbocycles. The third-order valence-electron chi connectivity index (χ3n) is 1.96. The van der Waals surface area contributed by atoms with Gasteiger partial charge in [0, 0.05) is 10.6 Å². The molecule has 0 aliphatic heterocycles. The zero-order valence-corrected chi connectivity index (χ0v) is 10.0. The van der Waals surface area contributed by atoms with Gasteiger partial charge in [-0.05, 0) is 12.1 Å². The first-order valence-electron chi connectivity index (χ1n) is 4.51. The molecule has 2 aromatic rings. The summed E-state index contributed by atoms with van der Waals surface area (Å²) in [4.78, 5) is 15.9. The molecular weight excluding hydrogens is 246 g/mol. The number of halogens is 1. The fourth-order valence-corrected chi connectivity index (χ4v) is 2.24. The summed E-state index contributed by atoms with van der Waals surface area (Å²) >= 11 is 7.16. The third kappa shape index (κ3) is 2.23. The second kappa shape index (κ2) is 4.63. The number of carbonyl (C=O) groups excluding carboxylic acids is 1. The normalized spacial score (nSPS) is 10.1. The van der Waals surface area contributed by atoms with Crippen LogP contribution in [0.2, 0.25) is 5.02 Å². The predicted octanol–water partition coefficient (Wildman–Crippen LogP) is 3.25. The maximum Gasteiger partial charge on any atom is 0.349 e. The quantitative estimate of drug-likeness (QED) is 0.772. The van der Waals surface area contributed by atoms with Crippen molar-refractivity contribution in [2.24, 2.45) is 0 Å².